The molecule has 1 aliphatic rings. The number of piperidine rings is 1. The van der Waals surface area contributed by atoms with E-state index in [0.717, 1.165) is 19.4 Å². The molecular formula is C13H24N4O2. The van der Waals surface area contributed by atoms with Gasteiger partial charge in [-0.3, -0.25) is 19.5 Å². The smallest absolute Gasteiger partial charge is 0.229 e. The summed E-state index contributed by atoms with van der Waals surface area (Å²) < 4.78 is 0. The number of guanidine groups is 1. The number of hydrogen-bond acceptors (Lipinski definition) is 3. The maximum Gasteiger partial charge on any atom is 0.229 e. The second-order valence-corrected chi connectivity index (χ2v) is 4.57. The first-order valence-corrected chi connectivity index (χ1v) is 6.96. The molecule has 0 unspecified atom stereocenters. The van der Waals surface area contributed by atoms with Crippen molar-refractivity contribution < 1.29 is 9.59 Å². The quantitative estimate of drug-likeness (QED) is 0.318. The number of rotatable bonds is 6. The Morgan fingerprint density at radius 2 is 1.84 bits per heavy atom. The summed E-state index contributed by atoms with van der Waals surface area (Å²) >= 11 is 0. The second-order valence-electron chi connectivity index (χ2n) is 4.57. The van der Waals surface area contributed by atoms with Crippen LogP contribution in [0.15, 0.2) is 4.99 Å². The minimum absolute atomic E-state index is 0.0630. The molecule has 0 aliphatic carbocycles. The zero-order chi connectivity index (χ0) is 14.1. The van der Waals surface area contributed by atoms with Crippen LogP contribution in [0.3, 0.4) is 0 Å². The van der Waals surface area contributed by atoms with Gasteiger partial charge in [-0.15, -0.1) is 0 Å². The maximum atomic E-state index is 11.6. The molecule has 0 spiro atoms. The van der Waals surface area contributed by atoms with Crippen molar-refractivity contribution >= 4 is 17.8 Å². The van der Waals surface area contributed by atoms with Gasteiger partial charge in [0, 0.05) is 39.5 Å². The third-order valence-corrected chi connectivity index (χ3v) is 3.06. The summed E-state index contributed by atoms with van der Waals surface area (Å²) in [5.74, 6) is 0.587. The number of carbonyl (C=O) groups is 2. The van der Waals surface area contributed by atoms with E-state index in [1.807, 2.05) is 0 Å². The summed E-state index contributed by atoms with van der Waals surface area (Å²) in [5.41, 5.74) is 0. The average molecular weight is 268 g/mol. The lowest BCUT2D eigenvalue weighted by molar-refractivity contribution is -0.147. The van der Waals surface area contributed by atoms with Gasteiger partial charge in [0.1, 0.15) is 0 Å². The highest BCUT2D eigenvalue weighted by molar-refractivity contribution is 5.97. The first-order chi connectivity index (χ1) is 9.19. The Labute approximate surface area is 114 Å². The third kappa shape index (κ3) is 5.28. The van der Waals surface area contributed by atoms with E-state index in [1.54, 1.807) is 7.05 Å². The van der Waals surface area contributed by atoms with Crippen molar-refractivity contribution in [3.8, 4) is 0 Å². The van der Waals surface area contributed by atoms with E-state index in [4.69, 9.17) is 0 Å². The molecule has 1 saturated heterocycles. The van der Waals surface area contributed by atoms with Crippen LogP contribution in [0.5, 0.6) is 0 Å². The highest BCUT2D eigenvalue weighted by Gasteiger charge is 2.25. The Morgan fingerprint density at radius 3 is 2.42 bits per heavy atom. The van der Waals surface area contributed by atoms with Gasteiger partial charge in [-0.25, -0.2) is 0 Å². The molecule has 2 N–H and O–H groups in total. The number of unbranched alkanes of at least 4 members (excludes halogenated alkanes) is 1. The zero-order valence-corrected chi connectivity index (χ0v) is 11.9. The SMILES string of the molecule is CCCCNC(=NC)NCCN1C(=O)CCCC1=O. The van der Waals surface area contributed by atoms with Crippen LogP contribution < -0.4 is 10.6 Å². The number of imide groups is 1. The Balaban J connectivity index is 2.27. The van der Waals surface area contributed by atoms with E-state index in [-0.39, 0.29) is 11.8 Å². The van der Waals surface area contributed by atoms with Crippen LogP contribution in [0.4, 0.5) is 0 Å². The molecule has 108 valence electrons. The molecule has 2 amide bonds. The molecular weight excluding hydrogens is 244 g/mol. The first kappa shape index (κ1) is 15.5. The summed E-state index contributed by atoms with van der Waals surface area (Å²) in [5, 5.41) is 6.29. The highest BCUT2D eigenvalue weighted by Crippen LogP contribution is 2.11. The molecule has 1 fully saturated rings. The molecule has 0 radical (unpaired) electrons. The van der Waals surface area contributed by atoms with Crippen LogP contribution in [0.1, 0.15) is 39.0 Å². The number of aliphatic imine (C=N–C) groups is 1. The average Bonchev–Trinajstić information content (AvgIpc) is 2.40. The van der Waals surface area contributed by atoms with Crippen LogP contribution in [0.2, 0.25) is 0 Å². The Kier molecular flexibility index (Phi) is 6.92. The topological polar surface area (TPSA) is 73.8 Å². The van der Waals surface area contributed by atoms with E-state index >= 15 is 0 Å². The van der Waals surface area contributed by atoms with Gasteiger partial charge in [0.05, 0.1) is 0 Å². The predicted octanol–water partition coefficient (Wildman–Crippen LogP) is 0.491. The standard InChI is InChI=1S/C13H24N4O2/c1-3-4-8-15-13(14-2)16-9-10-17-11(18)6-5-7-12(17)19/h3-10H2,1-2H3,(H2,14,15,16). The number of carbonyl (C=O) groups excluding carboxylic acids is 2. The zero-order valence-electron chi connectivity index (χ0n) is 11.9. The third-order valence-electron chi connectivity index (χ3n) is 3.06. The van der Waals surface area contributed by atoms with E-state index in [0.29, 0.717) is 38.3 Å². The number of nitrogens with one attached hydrogen (secondary N) is 2. The van der Waals surface area contributed by atoms with E-state index in [9.17, 15) is 9.59 Å². The van der Waals surface area contributed by atoms with Crippen LogP contribution in [-0.4, -0.2) is 49.4 Å². The molecule has 6 nitrogen and oxygen atoms in total. The monoisotopic (exact) mass is 268 g/mol. The fourth-order valence-corrected chi connectivity index (χ4v) is 1.94. The van der Waals surface area contributed by atoms with Crippen molar-refractivity contribution in [1.29, 1.82) is 0 Å². The van der Waals surface area contributed by atoms with Crippen LogP contribution >= 0.6 is 0 Å². The molecule has 0 atom stereocenters. The molecule has 6 heteroatoms. The molecule has 1 rings (SSSR count). The number of nitrogens with zero attached hydrogens (tertiary/aromatic N) is 2. The number of hydrogen-bond donors (Lipinski definition) is 2. The lowest BCUT2D eigenvalue weighted by Gasteiger charge is -2.25. The summed E-state index contributed by atoms with van der Waals surface area (Å²) in [6, 6.07) is 0. The van der Waals surface area contributed by atoms with Gasteiger partial charge in [-0.2, -0.15) is 0 Å². The first-order valence-electron chi connectivity index (χ1n) is 6.96. The normalized spacial score (nSPS) is 16.7. The Morgan fingerprint density at radius 1 is 1.21 bits per heavy atom. The van der Waals surface area contributed by atoms with Crippen molar-refractivity contribution in [3.05, 3.63) is 0 Å². The van der Waals surface area contributed by atoms with Crippen molar-refractivity contribution in [2.24, 2.45) is 4.99 Å². The molecule has 19 heavy (non-hydrogen) atoms. The van der Waals surface area contributed by atoms with E-state index in [2.05, 4.69) is 22.5 Å². The fourth-order valence-electron chi connectivity index (χ4n) is 1.94. The van der Waals surface area contributed by atoms with Gasteiger partial charge < -0.3 is 10.6 Å². The minimum atomic E-state index is -0.0630. The molecule has 0 saturated carbocycles. The van der Waals surface area contributed by atoms with Crippen LogP contribution in [0.25, 0.3) is 0 Å². The summed E-state index contributed by atoms with van der Waals surface area (Å²) in [4.78, 5) is 28.6. The van der Waals surface area contributed by atoms with Gasteiger partial charge in [-0.05, 0) is 12.8 Å². The highest BCUT2D eigenvalue weighted by atomic mass is 16.2. The largest absolute Gasteiger partial charge is 0.356 e. The van der Waals surface area contributed by atoms with E-state index in [1.165, 1.54) is 4.90 Å². The van der Waals surface area contributed by atoms with Crippen LogP contribution in [-0.2, 0) is 9.59 Å². The molecule has 1 aliphatic heterocycles. The summed E-state index contributed by atoms with van der Waals surface area (Å²) in [6.07, 6.45) is 3.86. The fraction of sp³-hybridized carbons (Fsp3) is 0.769. The molecule has 0 aromatic carbocycles. The van der Waals surface area contributed by atoms with Gasteiger partial charge in [-0.1, -0.05) is 13.3 Å². The molecule has 0 aromatic heterocycles. The van der Waals surface area contributed by atoms with Gasteiger partial charge >= 0.3 is 0 Å². The van der Waals surface area contributed by atoms with Crippen molar-refractivity contribution in [1.82, 2.24) is 15.5 Å². The van der Waals surface area contributed by atoms with Crippen LogP contribution in [0, 0.1) is 0 Å². The molecule has 1 heterocycles. The Bertz CT molecular complexity index is 326. The van der Waals surface area contributed by atoms with Gasteiger partial charge in [0.25, 0.3) is 0 Å². The van der Waals surface area contributed by atoms with Crippen molar-refractivity contribution in [3.63, 3.8) is 0 Å². The lowest BCUT2D eigenvalue weighted by atomic mass is 10.1. The van der Waals surface area contributed by atoms with Gasteiger partial charge in [0.15, 0.2) is 5.96 Å². The maximum absolute atomic E-state index is 11.6. The lowest BCUT2D eigenvalue weighted by Crippen LogP contribution is -2.46. The number of likely N-dealkylation sites (tertiary alicyclic amines) is 1. The van der Waals surface area contributed by atoms with Crippen molar-refractivity contribution in [2.45, 2.75) is 39.0 Å². The van der Waals surface area contributed by atoms with Crippen molar-refractivity contribution in [2.75, 3.05) is 26.7 Å². The van der Waals surface area contributed by atoms with Gasteiger partial charge in [0.2, 0.25) is 11.8 Å². The van der Waals surface area contributed by atoms with E-state index < -0.39 is 0 Å². The summed E-state index contributed by atoms with van der Waals surface area (Å²) in [6.45, 7) is 3.94. The molecule has 0 aromatic rings. The number of amides is 2. The molecule has 0 bridgehead atoms. The predicted molar refractivity (Wildman–Crippen MR) is 74.8 cm³/mol. The minimum Gasteiger partial charge on any atom is -0.356 e. The summed E-state index contributed by atoms with van der Waals surface area (Å²) in [7, 11) is 1.71. The second kappa shape index (κ2) is 8.50. The Hall–Kier alpha value is -1.59.